The summed E-state index contributed by atoms with van der Waals surface area (Å²) in [6.45, 7) is 5.89. The van der Waals surface area contributed by atoms with Crippen molar-refractivity contribution in [1.82, 2.24) is 5.32 Å². The van der Waals surface area contributed by atoms with Crippen molar-refractivity contribution in [2.24, 2.45) is 0 Å². The van der Waals surface area contributed by atoms with E-state index < -0.39 is 0 Å². The first-order chi connectivity index (χ1) is 10.3. The van der Waals surface area contributed by atoms with Crippen LogP contribution in [-0.2, 0) is 11.2 Å². The Morgan fingerprint density at radius 3 is 3.10 bits per heavy atom. The van der Waals surface area contributed by atoms with Crippen LogP contribution in [0.25, 0.3) is 0 Å². The Balaban J connectivity index is 1.70. The fraction of sp³-hybridized carbons (Fsp3) is 0.625. The standard InChI is InChI=1S/C16H26N2O3/c1-2-14-12-18-15-11-13(3-4-16(15)21-14)5-6-17-7-9-20-10-8-19/h3-4,11,14,17-19H,2,5-10,12H2,1H3. The third-order valence-electron chi connectivity index (χ3n) is 3.56. The molecule has 0 amide bonds. The van der Waals surface area contributed by atoms with Crippen molar-refractivity contribution in [1.29, 1.82) is 0 Å². The number of hydrogen-bond acceptors (Lipinski definition) is 5. The molecule has 0 bridgehead atoms. The van der Waals surface area contributed by atoms with Gasteiger partial charge in [-0.25, -0.2) is 0 Å². The molecule has 0 spiro atoms. The fourth-order valence-corrected chi connectivity index (χ4v) is 2.31. The van der Waals surface area contributed by atoms with E-state index in [2.05, 4.69) is 35.8 Å². The highest BCUT2D eigenvalue weighted by Crippen LogP contribution is 2.30. The van der Waals surface area contributed by atoms with Crippen LogP contribution < -0.4 is 15.4 Å². The molecule has 1 aromatic carbocycles. The molecule has 1 atom stereocenters. The Morgan fingerprint density at radius 2 is 2.29 bits per heavy atom. The van der Waals surface area contributed by atoms with Crippen molar-refractivity contribution in [2.45, 2.75) is 25.9 Å². The minimum atomic E-state index is 0.0864. The van der Waals surface area contributed by atoms with Crippen molar-refractivity contribution >= 4 is 5.69 Å². The lowest BCUT2D eigenvalue weighted by atomic mass is 10.1. The molecule has 2 rings (SSSR count). The second kappa shape index (κ2) is 8.87. The Morgan fingerprint density at radius 1 is 1.38 bits per heavy atom. The first-order valence-corrected chi connectivity index (χ1v) is 7.76. The summed E-state index contributed by atoms with van der Waals surface area (Å²) in [4.78, 5) is 0. The number of aliphatic hydroxyl groups excluding tert-OH is 1. The molecule has 0 saturated carbocycles. The van der Waals surface area contributed by atoms with Crippen LogP contribution in [0.5, 0.6) is 5.75 Å². The maximum atomic E-state index is 8.59. The summed E-state index contributed by atoms with van der Waals surface area (Å²) in [5.41, 5.74) is 2.40. The SMILES string of the molecule is CCC1CNc2cc(CCNCCOCCO)ccc2O1. The van der Waals surface area contributed by atoms with Crippen LogP contribution in [0.2, 0.25) is 0 Å². The molecule has 21 heavy (non-hydrogen) atoms. The number of hydrogen-bond donors (Lipinski definition) is 3. The number of aliphatic hydroxyl groups is 1. The second-order valence-electron chi connectivity index (χ2n) is 5.20. The largest absolute Gasteiger partial charge is 0.486 e. The Hall–Kier alpha value is -1.30. The van der Waals surface area contributed by atoms with E-state index in [-0.39, 0.29) is 12.7 Å². The second-order valence-corrected chi connectivity index (χ2v) is 5.20. The summed E-state index contributed by atoms with van der Waals surface area (Å²) in [5.74, 6) is 0.960. The van der Waals surface area contributed by atoms with Crippen LogP contribution in [0.1, 0.15) is 18.9 Å². The van der Waals surface area contributed by atoms with Gasteiger partial charge in [-0.15, -0.1) is 0 Å². The molecule has 1 aromatic rings. The lowest BCUT2D eigenvalue weighted by Gasteiger charge is -2.27. The number of fused-ring (bicyclic) bond motifs is 1. The van der Waals surface area contributed by atoms with Crippen LogP contribution in [0, 0.1) is 0 Å². The van der Waals surface area contributed by atoms with Gasteiger partial charge in [-0.2, -0.15) is 0 Å². The van der Waals surface area contributed by atoms with E-state index in [0.29, 0.717) is 13.2 Å². The molecule has 3 N–H and O–H groups in total. The van der Waals surface area contributed by atoms with E-state index in [4.69, 9.17) is 14.6 Å². The van der Waals surface area contributed by atoms with Gasteiger partial charge in [-0.1, -0.05) is 13.0 Å². The number of rotatable bonds is 9. The number of nitrogens with one attached hydrogen (secondary N) is 2. The predicted octanol–water partition coefficient (Wildman–Crippen LogP) is 1.41. The minimum absolute atomic E-state index is 0.0864. The van der Waals surface area contributed by atoms with Crippen molar-refractivity contribution in [3.05, 3.63) is 23.8 Å². The molecule has 1 aliphatic heterocycles. The molecular weight excluding hydrogens is 268 g/mol. The molecule has 0 aliphatic carbocycles. The van der Waals surface area contributed by atoms with E-state index in [1.165, 1.54) is 5.56 Å². The Bertz CT molecular complexity index is 426. The predicted molar refractivity (Wildman–Crippen MR) is 84.1 cm³/mol. The van der Waals surface area contributed by atoms with Crippen molar-refractivity contribution in [2.75, 3.05) is 44.8 Å². The first kappa shape index (κ1) is 16.1. The molecule has 0 aromatic heterocycles. The lowest BCUT2D eigenvalue weighted by Crippen LogP contribution is -2.30. The number of ether oxygens (including phenoxy) is 2. The number of benzene rings is 1. The minimum Gasteiger partial charge on any atom is -0.486 e. The van der Waals surface area contributed by atoms with E-state index >= 15 is 0 Å². The highest BCUT2D eigenvalue weighted by Gasteiger charge is 2.17. The maximum absolute atomic E-state index is 8.59. The van der Waals surface area contributed by atoms with Crippen molar-refractivity contribution in [3.8, 4) is 5.75 Å². The van der Waals surface area contributed by atoms with E-state index in [1.54, 1.807) is 0 Å². The van der Waals surface area contributed by atoms with Gasteiger partial charge in [0.25, 0.3) is 0 Å². The lowest BCUT2D eigenvalue weighted by molar-refractivity contribution is 0.0940. The average Bonchev–Trinajstić information content (AvgIpc) is 2.53. The summed E-state index contributed by atoms with van der Waals surface area (Å²) in [5, 5.41) is 15.4. The summed E-state index contributed by atoms with van der Waals surface area (Å²) in [6, 6.07) is 6.36. The molecule has 1 aliphatic rings. The molecule has 0 radical (unpaired) electrons. The monoisotopic (exact) mass is 294 g/mol. The van der Waals surface area contributed by atoms with Crippen LogP contribution in [0.3, 0.4) is 0 Å². The van der Waals surface area contributed by atoms with Crippen LogP contribution >= 0.6 is 0 Å². The normalized spacial score (nSPS) is 17.0. The summed E-state index contributed by atoms with van der Waals surface area (Å²) >= 11 is 0. The average molecular weight is 294 g/mol. The molecular formula is C16H26N2O3. The Kier molecular flexibility index (Phi) is 6.79. The molecule has 5 heteroatoms. The summed E-state index contributed by atoms with van der Waals surface area (Å²) in [7, 11) is 0. The highest BCUT2D eigenvalue weighted by atomic mass is 16.5. The molecule has 1 heterocycles. The van der Waals surface area contributed by atoms with Gasteiger partial charge in [0.05, 0.1) is 32.1 Å². The highest BCUT2D eigenvalue weighted by molar-refractivity contribution is 5.59. The molecule has 118 valence electrons. The Labute approximate surface area is 126 Å². The van der Waals surface area contributed by atoms with Gasteiger partial charge in [0.1, 0.15) is 11.9 Å². The third kappa shape index (κ3) is 5.19. The zero-order valence-electron chi connectivity index (χ0n) is 12.7. The summed E-state index contributed by atoms with van der Waals surface area (Å²) < 4.78 is 11.1. The van der Waals surface area contributed by atoms with Gasteiger partial charge < -0.3 is 25.2 Å². The molecule has 0 saturated heterocycles. The maximum Gasteiger partial charge on any atom is 0.142 e. The van der Waals surface area contributed by atoms with Crippen LogP contribution in [-0.4, -0.2) is 50.7 Å². The third-order valence-corrected chi connectivity index (χ3v) is 3.56. The molecule has 5 nitrogen and oxygen atoms in total. The van der Waals surface area contributed by atoms with Crippen LogP contribution in [0.4, 0.5) is 5.69 Å². The van der Waals surface area contributed by atoms with E-state index in [0.717, 1.165) is 43.9 Å². The quantitative estimate of drug-likeness (QED) is 0.601. The zero-order chi connectivity index (χ0) is 14.9. The summed E-state index contributed by atoms with van der Waals surface area (Å²) in [6.07, 6.45) is 2.28. The van der Waals surface area contributed by atoms with Gasteiger partial charge in [0, 0.05) is 6.54 Å². The first-order valence-electron chi connectivity index (χ1n) is 7.76. The van der Waals surface area contributed by atoms with Crippen molar-refractivity contribution in [3.63, 3.8) is 0 Å². The molecule has 0 fully saturated rings. The van der Waals surface area contributed by atoms with Gasteiger partial charge in [0.15, 0.2) is 0 Å². The molecule has 1 unspecified atom stereocenters. The fourth-order valence-electron chi connectivity index (χ4n) is 2.31. The van der Waals surface area contributed by atoms with Gasteiger partial charge in [-0.3, -0.25) is 0 Å². The topological polar surface area (TPSA) is 62.8 Å². The van der Waals surface area contributed by atoms with E-state index in [9.17, 15) is 0 Å². The van der Waals surface area contributed by atoms with E-state index in [1.807, 2.05) is 0 Å². The zero-order valence-corrected chi connectivity index (χ0v) is 12.7. The number of anilines is 1. The smallest absolute Gasteiger partial charge is 0.142 e. The van der Waals surface area contributed by atoms with Gasteiger partial charge in [-0.05, 0) is 37.1 Å². The van der Waals surface area contributed by atoms with Gasteiger partial charge >= 0.3 is 0 Å². The van der Waals surface area contributed by atoms with Gasteiger partial charge in [0.2, 0.25) is 0 Å². The van der Waals surface area contributed by atoms with Crippen molar-refractivity contribution < 1.29 is 14.6 Å². The van der Waals surface area contributed by atoms with Crippen LogP contribution in [0.15, 0.2) is 18.2 Å².